The number of carbonyl (C=O) groups excluding carboxylic acids is 2. The number of nitrogens with one attached hydrogen (secondary N) is 1. The quantitative estimate of drug-likeness (QED) is 0.719. The number of halogens is 1. The van der Waals surface area contributed by atoms with E-state index in [0.29, 0.717) is 13.0 Å². The molecule has 4 atom stereocenters. The zero-order valence-electron chi connectivity index (χ0n) is 19.7. The lowest BCUT2D eigenvalue weighted by molar-refractivity contribution is -0.155. The second-order valence-electron chi connectivity index (χ2n) is 9.81. The molecule has 0 bridgehead atoms. The number of ether oxygens (including phenoxy) is 2. The third kappa shape index (κ3) is 5.39. The van der Waals surface area contributed by atoms with E-state index in [0.717, 1.165) is 16.7 Å². The molecule has 0 spiro atoms. The van der Waals surface area contributed by atoms with Gasteiger partial charge in [-0.3, -0.25) is 4.79 Å². The molecule has 1 saturated heterocycles. The molecule has 2 aliphatic rings. The molecular formula is C26H31FN2O5. The van der Waals surface area contributed by atoms with Crippen LogP contribution in [0.5, 0.6) is 0 Å². The molecule has 0 saturated carbocycles. The van der Waals surface area contributed by atoms with Crippen LogP contribution in [0.15, 0.2) is 48.5 Å². The van der Waals surface area contributed by atoms with E-state index in [1.54, 1.807) is 37.8 Å². The molecule has 8 heteroatoms. The molecule has 1 fully saturated rings. The minimum Gasteiger partial charge on any atom is -0.444 e. The van der Waals surface area contributed by atoms with E-state index in [1.165, 1.54) is 12.1 Å². The van der Waals surface area contributed by atoms with Crippen molar-refractivity contribution in [3.63, 3.8) is 0 Å². The molecule has 2 heterocycles. The van der Waals surface area contributed by atoms with Crippen molar-refractivity contribution in [2.45, 2.75) is 63.5 Å². The van der Waals surface area contributed by atoms with Crippen LogP contribution < -0.4 is 5.32 Å². The van der Waals surface area contributed by atoms with Gasteiger partial charge in [0.1, 0.15) is 17.5 Å². The van der Waals surface area contributed by atoms with Crippen molar-refractivity contribution in [1.29, 1.82) is 0 Å². The van der Waals surface area contributed by atoms with Crippen LogP contribution >= 0.6 is 0 Å². The standard InChI is InChI=1S/C26H31FN2O5/c1-26(2,3)34-25(32)28-20-15-33-22(14-21(20)30)24(31)29-13-12-16-6-4-5-7-19(16)23(29)17-8-10-18(27)11-9-17/h4-11,20-23,30H,12-15H2,1-3H3,(H,28,32)/t20-,21-,22-,23-/m0/s1. The highest BCUT2D eigenvalue weighted by atomic mass is 19.1. The smallest absolute Gasteiger partial charge is 0.408 e. The van der Waals surface area contributed by atoms with Crippen LogP contribution in [0.2, 0.25) is 0 Å². The van der Waals surface area contributed by atoms with E-state index in [-0.39, 0.29) is 30.8 Å². The molecular weight excluding hydrogens is 439 g/mol. The summed E-state index contributed by atoms with van der Waals surface area (Å²) >= 11 is 0. The van der Waals surface area contributed by atoms with Gasteiger partial charge in [0.25, 0.3) is 5.91 Å². The van der Waals surface area contributed by atoms with Crippen LogP contribution in [0.3, 0.4) is 0 Å². The minimum atomic E-state index is -0.962. The molecule has 0 radical (unpaired) electrons. The van der Waals surface area contributed by atoms with Gasteiger partial charge in [0.15, 0.2) is 0 Å². The highest BCUT2D eigenvalue weighted by molar-refractivity contribution is 5.82. The largest absolute Gasteiger partial charge is 0.444 e. The summed E-state index contributed by atoms with van der Waals surface area (Å²) in [5, 5.41) is 13.3. The fourth-order valence-corrected chi connectivity index (χ4v) is 4.54. The fraction of sp³-hybridized carbons (Fsp3) is 0.462. The van der Waals surface area contributed by atoms with E-state index in [2.05, 4.69) is 5.32 Å². The molecule has 2 N–H and O–H groups in total. The van der Waals surface area contributed by atoms with Gasteiger partial charge in [0.05, 0.1) is 24.8 Å². The first-order valence-electron chi connectivity index (χ1n) is 11.6. The predicted octanol–water partition coefficient (Wildman–Crippen LogP) is 3.34. The molecule has 0 unspecified atom stereocenters. The molecule has 2 aromatic rings. The third-order valence-electron chi connectivity index (χ3n) is 6.13. The van der Waals surface area contributed by atoms with Crippen molar-refractivity contribution >= 4 is 12.0 Å². The lowest BCUT2D eigenvalue weighted by Crippen LogP contribution is -2.56. The van der Waals surface area contributed by atoms with Gasteiger partial charge in [-0.05, 0) is 56.0 Å². The van der Waals surface area contributed by atoms with Gasteiger partial charge in [0.2, 0.25) is 0 Å². The van der Waals surface area contributed by atoms with Crippen molar-refractivity contribution in [2.24, 2.45) is 0 Å². The number of aliphatic hydroxyl groups is 1. The molecule has 0 aliphatic carbocycles. The van der Waals surface area contributed by atoms with Crippen LogP contribution in [0.25, 0.3) is 0 Å². The molecule has 0 aromatic heterocycles. The fourth-order valence-electron chi connectivity index (χ4n) is 4.54. The van der Waals surface area contributed by atoms with E-state index in [1.807, 2.05) is 24.3 Å². The number of fused-ring (bicyclic) bond motifs is 1. The van der Waals surface area contributed by atoms with E-state index < -0.39 is 29.9 Å². The Morgan fingerprint density at radius 1 is 1.15 bits per heavy atom. The first-order chi connectivity index (χ1) is 16.1. The lowest BCUT2D eigenvalue weighted by Gasteiger charge is -2.41. The van der Waals surface area contributed by atoms with Gasteiger partial charge in [-0.1, -0.05) is 36.4 Å². The van der Waals surface area contributed by atoms with Gasteiger partial charge in [0, 0.05) is 13.0 Å². The van der Waals surface area contributed by atoms with Gasteiger partial charge in [-0.2, -0.15) is 0 Å². The molecule has 2 aromatic carbocycles. The highest BCUT2D eigenvalue weighted by Gasteiger charge is 2.40. The number of rotatable bonds is 3. The summed E-state index contributed by atoms with van der Waals surface area (Å²) in [6.45, 7) is 5.73. The maximum absolute atomic E-state index is 13.6. The van der Waals surface area contributed by atoms with Crippen LogP contribution in [0.4, 0.5) is 9.18 Å². The average molecular weight is 471 g/mol. The molecule has 34 heavy (non-hydrogen) atoms. The Morgan fingerprint density at radius 3 is 2.53 bits per heavy atom. The predicted molar refractivity (Wildman–Crippen MR) is 124 cm³/mol. The lowest BCUT2D eigenvalue weighted by atomic mass is 9.87. The second-order valence-corrected chi connectivity index (χ2v) is 9.81. The summed E-state index contributed by atoms with van der Waals surface area (Å²) < 4.78 is 24.7. The Morgan fingerprint density at radius 2 is 1.85 bits per heavy atom. The molecule has 4 rings (SSSR count). The molecule has 2 amide bonds. The number of alkyl carbamates (subject to hydrolysis) is 1. The molecule has 182 valence electrons. The number of hydrogen-bond donors (Lipinski definition) is 2. The van der Waals surface area contributed by atoms with Crippen LogP contribution in [-0.2, 0) is 20.7 Å². The summed E-state index contributed by atoms with van der Waals surface area (Å²) in [7, 11) is 0. The number of benzene rings is 2. The zero-order valence-corrected chi connectivity index (χ0v) is 19.7. The summed E-state index contributed by atoms with van der Waals surface area (Å²) in [5.41, 5.74) is 2.28. The first-order valence-corrected chi connectivity index (χ1v) is 11.6. The Kier molecular flexibility index (Phi) is 6.91. The Bertz CT molecular complexity index is 1040. The van der Waals surface area contributed by atoms with Crippen molar-refractivity contribution in [2.75, 3.05) is 13.2 Å². The summed E-state index contributed by atoms with van der Waals surface area (Å²) in [6, 6.07) is 13.0. The SMILES string of the molecule is CC(C)(C)OC(=O)N[C@H]1CO[C@H](C(=O)N2CCc3ccccc3[C@@H]2c2ccc(F)cc2)C[C@@H]1O. The third-order valence-corrected chi connectivity index (χ3v) is 6.13. The van der Waals surface area contributed by atoms with Crippen molar-refractivity contribution in [1.82, 2.24) is 10.2 Å². The van der Waals surface area contributed by atoms with E-state index >= 15 is 0 Å². The van der Waals surface area contributed by atoms with Gasteiger partial charge in [-0.25, -0.2) is 9.18 Å². The van der Waals surface area contributed by atoms with Crippen LogP contribution in [0, 0.1) is 5.82 Å². The maximum Gasteiger partial charge on any atom is 0.408 e. The van der Waals surface area contributed by atoms with Crippen molar-refractivity contribution < 1.29 is 28.6 Å². The van der Waals surface area contributed by atoms with Crippen molar-refractivity contribution in [3.8, 4) is 0 Å². The van der Waals surface area contributed by atoms with Gasteiger partial charge < -0.3 is 24.8 Å². The summed E-state index contributed by atoms with van der Waals surface area (Å²) in [4.78, 5) is 27.4. The summed E-state index contributed by atoms with van der Waals surface area (Å²) in [6.07, 6.45) is -1.71. The Labute approximate surface area is 198 Å². The zero-order chi connectivity index (χ0) is 24.5. The van der Waals surface area contributed by atoms with Crippen molar-refractivity contribution in [3.05, 3.63) is 71.0 Å². The minimum absolute atomic E-state index is 0.0115. The van der Waals surface area contributed by atoms with Crippen LogP contribution in [-0.4, -0.2) is 59.0 Å². The highest BCUT2D eigenvalue weighted by Crippen LogP contribution is 2.36. The number of carbonyl (C=O) groups is 2. The van der Waals surface area contributed by atoms with Crippen LogP contribution in [0.1, 0.15) is 49.9 Å². The first kappa shape index (κ1) is 24.2. The number of nitrogens with zero attached hydrogens (tertiary/aromatic N) is 1. The normalized spacial score (nSPS) is 24.8. The number of hydrogen-bond acceptors (Lipinski definition) is 5. The van der Waals surface area contributed by atoms with E-state index in [9.17, 15) is 19.1 Å². The molecule has 7 nitrogen and oxygen atoms in total. The maximum atomic E-state index is 13.6. The van der Waals surface area contributed by atoms with E-state index in [4.69, 9.17) is 9.47 Å². The Hall–Kier alpha value is -2.97. The van der Waals surface area contributed by atoms with Gasteiger partial charge in [-0.15, -0.1) is 0 Å². The Balaban J connectivity index is 1.50. The topological polar surface area (TPSA) is 88.1 Å². The van der Waals surface area contributed by atoms with Gasteiger partial charge >= 0.3 is 6.09 Å². The number of amides is 2. The monoisotopic (exact) mass is 470 g/mol. The summed E-state index contributed by atoms with van der Waals surface area (Å²) in [5.74, 6) is -0.577. The average Bonchev–Trinajstić information content (AvgIpc) is 2.78. The molecule has 2 aliphatic heterocycles. The number of aliphatic hydroxyl groups excluding tert-OH is 1. The second kappa shape index (κ2) is 9.72.